The normalized spacial score (nSPS) is 10.2. The molecule has 0 saturated heterocycles. The van der Waals surface area contributed by atoms with Crippen LogP contribution in [-0.4, -0.2) is 20.4 Å². The average Bonchev–Trinajstić information content (AvgIpc) is 2.77. The third kappa shape index (κ3) is 2.87. The number of aromatic nitrogens is 3. The second kappa shape index (κ2) is 4.54. The summed E-state index contributed by atoms with van der Waals surface area (Å²) in [5.74, 6) is -0.116. The molecule has 0 unspecified atom stereocenters. The van der Waals surface area contributed by atoms with E-state index in [2.05, 4.69) is 31.2 Å². The van der Waals surface area contributed by atoms with Gasteiger partial charge in [0.05, 0.1) is 16.3 Å². The molecule has 78 valence electrons. The molecule has 15 heavy (non-hydrogen) atoms. The maximum Gasteiger partial charge on any atom is 0.246 e. The van der Waals surface area contributed by atoms with Crippen molar-refractivity contribution >= 4 is 38.3 Å². The van der Waals surface area contributed by atoms with Crippen LogP contribution in [0.4, 0.5) is 5.13 Å². The number of thiazole rings is 1. The molecule has 2 aromatic heterocycles. The van der Waals surface area contributed by atoms with E-state index in [-0.39, 0.29) is 12.5 Å². The van der Waals surface area contributed by atoms with Crippen molar-refractivity contribution < 1.29 is 4.79 Å². The number of nitrogens with one attached hydrogen (secondary N) is 1. The minimum atomic E-state index is -0.116. The second-order valence-electron chi connectivity index (χ2n) is 2.75. The molecule has 0 saturated carbocycles. The summed E-state index contributed by atoms with van der Waals surface area (Å²) in [7, 11) is 0. The number of anilines is 1. The summed E-state index contributed by atoms with van der Waals surface area (Å²) < 4.78 is 2.58. The summed E-state index contributed by atoms with van der Waals surface area (Å²) in [5.41, 5.74) is 0. The zero-order valence-electron chi connectivity index (χ0n) is 7.55. The first-order valence-electron chi connectivity index (χ1n) is 4.11. The summed E-state index contributed by atoms with van der Waals surface area (Å²) in [5, 5.41) is 3.28. The van der Waals surface area contributed by atoms with Crippen LogP contribution in [0.5, 0.6) is 0 Å². The molecule has 0 radical (unpaired) electrons. The van der Waals surface area contributed by atoms with Crippen molar-refractivity contribution in [3.8, 4) is 0 Å². The van der Waals surface area contributed by atoms with E-state index in [4.69, 9.17) is 0 Å². The first kappa shape index (κ1) is 10.3. The molecule has 1 amide bonds. The van der Waals surface area contributed by atoms with Crippen molar-refractivity contribution in [2.45, 2.75) is 6.54 Å². The van der Waals surface area contributed by atoms with Crippen LogP contribution in [-0.2, 0) is 11.3 Å². The SMILES string of the molecule is O=C(Cn1ccnc1)Nc1ncc(Br)s1. The molecule has 1 N–H and O–H groups in total. The standard InChI is InChI=1S/C8H7BrN4OS/c9-6-3-11-8(15-6)12-7(14)4-13-2-1-10-5-13/h1-3,5H,4H2,(H,11,12,14). The Morgan fingerprint density at radius 1 is 1.67 bits per heavy atom. The highest BCUT2D eigenvalue weighted by molar-refractivity contribution is 9.11. The molecule has 0 aliphatic carbocycles. The largest absolute Gasteiger partial charge is 0.328 e. The van der Waals surface area contributed by atoms with Crippen molar-refractivity contribution in [1.29, 1.82) is 0 Å². The fourth-order valence-corrected chi connectivity index (χ4v) is 2.14. The van der Waals surface area contributed by atoms with Crippen LogP contribution in [0.3, 0.4) is 0 Å². The zero-order chi connectivity index (χ0) is 10.7. The summed E-state index contributed by atoms with van der Waals surface area (Å²) in [6.45, 7) is 0.247. The van der Waals surface area contributed by atoms with Gasteiger partial charge in [0.2, 0.25) is 5.91 Å². The number of hydrogen-bond donors (Lipinski definition) is 1. The Hall–Kier alpha value is -1.21. The van der Waals surface area contributed by atoms with Gasteiger partial charge in [-0.1, -0.05) is 11.3 Å². The minimum Gasteiger partial charge on any atom is -0.328 e. The van der Waals surface area contributed by atoms with E-state index in [1.54, 1.807) is 29.5 Å². The van der Waals surface area contributed by atoms with Gasteiger partial charge in [-0.25, -0.2) is 9.97 Å². The second-order valence-corrected chi connectivity index (χ2v) is 5.16. The van der Waals surface area contributed by atoms with Gasteiger partial charge >= 0.3 is 0 Å². The van der Waals surface area contributed by atoms with Crippen LogP contribution in [0.15, 0.2) is 28.7 Å². The number of hydrogen-bond acceptors (Lipinski definition) is 4. The van der Waals surface area contributed by atoms with Crippen molar-refractivity contribution in [3.05, 3.63) is 28.7 Å². The molecular formula is C8H7BrN4OS. The topological polar surface area (TPSA) is 59.8 Å². The fraction of sp³-hybridized carbons (Fsp3) is 0.125. The molecule has 2 heterocycles. The van der Waals surface area contributed by atoms with Crippen LogP contribution in [0.2, 0.25) is 0 Å². The quantitative estimate of drug-likeness (QED) is 0.935. The third-order valence-electron chi connectivity index (χ3n) is 1.61. The number of carbonyl (C=O) groups is 1. The molecule has 0 spiro atoms. The van der Waals surface area contributed by atoms with E-state index in [9.17, 15) is 4.79 Å². The number of carbonyl (C=O) groups excluding carboxylic acids is 1. The molecule has 2 rings (SSSR count). The third-order valence-corrected chi connectivity index (χ3v) is 3.00. The van der Waals surface area contributed by atoms with E-state index in [1.807, 2.05) is 0 Å². The predicted octanol–water partition coefficient (Wildman–Crippen LogP) is 1.74. The molecule has 0 aliphatic rings. The van der Waals surface area contributed by atoms with Gasteiger partial charge in [-0.2, -0.15) is 0 Å². The van der Waals surface area contributed by atoms with Crippen LogP contribution in [0, 0.1) is 0 Å². The molecule has 0 aliphatic heterocycles. The Labute approximate surface area is 98.3 Å². The van der Waals surface area contributed by atoms with Crippen LogP contribution >= 0.6 is 27.3 Å². The Bertz CT molecular complexity index is 453. The first-order valence-corrected chi connectivity index (χ1v) is 5.72. The number of amides is 1. The smallest absolute Gasteiger partial charge is 0.246 e. The lowest BCUT2D eigenvalue weighted by Gasteiger charge is -2.01. The van der Waals surface area contributed by atoms with Crippen LogP contribution in [0.25, 0.3) is 0 Å². The maximum atomic E-state index is 11.5. The number of nitrogens with zero attached hydrogens (tertiary/aromatic N) is 3. The summed E-state index contributed by atoms with van der Waals surface area (Å²) in [6, 6.07) is 0. The highest BCUT2D eigenvalue weighted by atomic mass is 79.9. The molecule has 2 aromatic rings. The van der Waals surface area contributed by atoms with E-state index in [1.165, 1.54) is 11.3 Å². The van der Waals surface area contributed by atoms with Crippen molar-refractivity contribution in [2.24, 2.45) is 0 Å². The highest BCUT2D eigenvalue weighted by Crippen LogP contribution is 2.22. The van der Waals surface area contributed by atoms with E-state index in [0.717, 1.165) is 3.79 Å². The van der Waals surface area contributed by atoms with Gasteiger partial charge in [0.25, 0.3) is 0 Å². The van der Waals surface area contributed by atoms with Gasteiger partial charge in [-0.15, -0.1) is 0 Å². The van der Waals surface area contributed by atoms with E-state index in [0.29, 0.717) is 5.13 Å². The molecular weight excluding hydrogens is 280 g/mol. The lowest BCUT2D eigenvalue weighted by Crippen LogP contribution is -2.17. The van der Waals surface area contributed by atoms with Gasteiger partial charge in [0.15, 0.2) is 5.13 Å². The number of imidazole rings is 1. The highest BCUT2D eigenvalue weighted by Gasteiger charge is 2.05. The van der Waals surface area contributed by atoms with Crippen LogP contribution in [0.1, 0.15) is 0 Å². The van der Waals surface area contributed by atoms with Crippen molar-refractivity contribution in [2.75, 3.05) is 5.32 Å². The molecule has 0 bridgehead atoms. The van der Waals surface area contributed by atoms with E-state index < -0.39 is 0 Å². The van der Waals surface area contributed by atoms with Gasteiger partial charge in [0.1, 0.15) is 6.54 Å². The van der Waals surface area contributed by atoms with Gasteiger partial charge in [0, 0.05) is 12.4 Å². The van der Waals surface area contributed by atoms with Gasteiger partial charge in [-0.3, -0.25) is 4.79 Å². The van der Waals surface area contributed by atoms with Crippen molar-refractivity contribution in [1.82, 2.24) is 14.5 Å². The Balaban J connectivity index is 1.93. The summed E-state index contributed by atoms with van der Waals surface area (Å²) in [4.78, 5) is 19.3. The first-order chi connectivity index (χ1) is 7.24. The minimum absolute atomic E-state index is 0.116. The van der Waals surface area contributed by atoms with Gasteiger partial charge in [-0.05, 0) is 15.9 Å². The van der Waals surface area contributed by atoms with E-state index >= 15 is 0 Å². The summed E-state index contributed by atoms with van der Waals surface area (Å²) >= 11 is 4.65. The Morgan fingerprint density at radius 3 is 3.13 bits per heavy atom. The Kier molecular flexibility index (Phi) is 3.12. The molecule has 0 aromatic carbocycles. The Morgan fingerprint density at radius 2 is 2.53 bits per heavy atom. The van der Waals surface area contributed by atoms with Gasteiger partial charge < -0.3 is 9.88 Å². The maximum absolute atomic E-state index is 11.5. The molecule has 0 fully saturated rings. The monoisotopic (exact) mass is 286 g/mol. The number of rotatable bonds is 3. The fourth-order valence-electron chi connectivity index (χ4n) is 1.02. The zero-order valence-corrected chi connectivity index (χ0v) is 9.96. The molecule has 0 atom stereocenters. The lowest BCUT2D eigenvalue weighted by molar-refractivity contribution is -0.116. The van der Waals surface area contributed by atoms with Crippen LogP contribution < -0.4 is 5.32 Å². The predicted molar refractivity (Wildman–Crippen MR) is 60.7 cm³/mol. The average molecular weight is 287 g/mol. The summed E-state index contributed by atoms with van der Waals surface area (Å²) in [6.07, 6.45) is 6.61. The lowest BCUT2D eigenvalue weighted by atomic mass is 10.6. The van der Waals surface area contributed by atoms with Crippen molar-refractivity contribution in [3.63, 3.8) is 0 Å². The molecule has 5 nitrogen and oxygen atoms in total. The number of halogens is 1. The molecule has 7 heteroatoms.